The summed E-state index contributed by atoms with van der Waals surface area (Å²) in [7, 11) is 0. The summed E-state index contributed by atoms with van der Waals surface area (Å²) in [5.74, 6) is -0.338. The molecule has 1 amide bonds. The zero-order chi connectivity index (χ0) is 11.1. The predicted molar refractivity (Wildman–Crippen MR) is 57.5 cm³/mol. The van der Waals surface area contributed by atoms with Crippen LogP contribution in [0, 0.1) is 0 Å². The molecule has 1 rings (SSSR count). The van der Waals surface area contributed by atoms with E-state index >= 15 is 0 Å². The summed E-state index contributed by atoms with van der Waals surface area (Å²) in [6, 6.07) is -0.0217. The first kappa shape index (κ1) is 12.5. The van der Waals surface area contributed by atoms with Crippen molar-refractivity contribution in [1.29, 1.82) is 0 Å². The summed E-state index contributed by atoms with van der Waals surface area (Å²) >= 11 is 0. The lowest BCUT2D eigenvalue weighted by molar-refractivity contribution is -0.125. The predicted octanol–water partition coefficient (Wildman–Crippen LogP) is 0.833. The van der Waals surface area contributed by atoms with Gasteiger partial charge in [0.25, 0.3) is 0 Å². The molecule has 1 atom stereocenters. The molecule has 4 heteroatoms. The van der Waals surface area contributed by atoms with E-state index in [4.69, 9.17) is 9.84 Å². The molecule has 0 radical (unpaired) electrons. The van der Waals surface area contributed by atoms with E-state index in [0.717, 1.165) is 12.8 Å². The topological polar surface area (TPSA) is 58.6 Å². The van der Waals surface area contributed by atoms with Crippen LogP contribution in [-0.4, -0.2) is 36.4 Å². The van der Waals surface area contributed by atoms with Crippen molar-refractivity contribution in [3.8, 4) is 0 Å². The van der Waals surface area contributed by atoms with Crippen LogP contribution < -0.4 is 5.32 Å². The molecule has 0 aromatic carbocycles. The van der Waals surface area contributed by atoms with Crippen LogP contribution in [-0.2, 0) is 9.53 Å². The lowest BCUT2D eigenvalue weighted by Gasteiger charge is -2.24. The van der Waals surface area contributed by atoms with Gasteiger partial charge in [-0.3, -0.25) is 4.79 Å². The molecule has 1 unspecified atom stereocenters. The first-order chi connectivity index (χ1) is 7.22. The van der Waals surface area contributed by atoms with Crippen LogP contribution in [0.15, 0.2) is 0 Å². The van der Waals surface area contributed by atoms with Crippen molar-refractivity contribution in [2.45, 2.75) is 51.2 Å². The third kappa shape index (κ3) is 5.14. The second-order valence-electron chi connectivity index (χ2n) is 4.22. The molecule has 1 aliphatic carbocycles. The van der Waals surface area contributed by atoms with Crippen molar-refractivity contribution in [1.82, 2.24) is 5.32 Å². The van der Waals surface area contributed by atoms with Gasteiger partial charge in [0, 0.05) is 6.04 Å². The van der Waals surface area contributed by atoms with E-state index in [0.29, 0.717) is 12.7 Å². The third-order valence-corrected chi connectivity index (χ3v) is 2.69. The zero-order valence-corrected chi connectivity index (χ0v) is 9.37. The molecule has 2 N–H and O–H groups in total. The Bertz CT molecular complexity index is 190. The van der Waals surface area contributed by atoms with E-state index in [2.05, 4.69) is 5.32 Å². The average Bonchev–Trinajstić information content (AvgIpc) is 2.27. The molecule has 88 valence electrons. The molecular weight excluding hydrogens is 194 g/mol. The van der Waals surface area contributed by atoms with E-state index in [1.807, 2.05) is 6.92 Å². The van der Waals surface area contributed by atoms with Crippen LogP contribution in [0.25, 0.3) is 0 Å². The molecule has 0 aromatic rings. The molecule has 0 aliphatic heterocycles. The summed E-state index contributed by atoms with van der Waals surface area (Å²) in [4.78, 5) is 10.9. The fourth-order valence-corrected chi connectivity index (χ4v) is 1.87. The highest BCUT2D eigenvalue weighted by Gasteiger charge is 2.15. The average molecular weight is 215 g/mol. The van der Waals surface area contributed by atoms with Gasteiger partial charge < -0.3 is 15.2 Å². The number of aliphatic hydroxyl groups is 1. The summed E-state index contributed by atoms with van der Waals surface area (Å²) < 4.78 is 5.69. The van der Waals surface area contributed by atoms with Gasteiger partial charge in [-0.15, -0.1) is 0 Å². The molecule has 0 saturated heterocycles. The van der Waals surface area contributed by atoms with Gasteiger partial charge in [-0.1, -0.05) is 19.3 Å². The van der Waals surface area contributed by atoms with Crippen molar-refractivity contribution in [2.75, 3.05) is 13.2 Å². The van der Waals surface area contributed by atoms with Gasteiger partial charge in [-0.25, -0.2) is 0 Å². The number of carbonyl (C=O) groups excluding carboxylic acids is 1. The number of amides is 1. The normalized spacial score (nSPS) is 19.9. The molecule has 1 fully saturated rings. The van der Waals surface area contributed by atoms with E-state index in [1.165, 1.54) is 19.3 Å². The molecular formula is C11H21NO3. The Morgan fingerprint density at radius 1 is 1.47 bits per heavy atom. The quantitative estimate of drug-likeness (QED) is 0.714. The van der Waals surface area contributed by atoms with E-state index in [-0.39, 0.29) is 11.9 Å². The molecule has 4 nitrogen and oxygen atoms in total. The minimum atomic E-state index is -0.451. The summed E-state index contributed by atoms with van der Waals surface area (Å²) in [5, 5.41) is 11.2. The number of carbonyl (C=O) groups is 1. The fourth-order valence-electron chi connectivity index (χ4n) is 1.87. The van der Waals surface area contributed by atoms with Gasteiger partial charge in [-0.05, 0) is 19.8 Å². The standard InChI is InChI=1S/C11H21NO3/c1-9(12-11(14)7-13)8-15-10-5-3-2-4-6-10/h9-10,13H,2-8H2,1H3,(H,12,14). The van der Waals surface area contributed by atoms with Crippen LogP contribution >= 0.6 is 0 Å². The maximum Gasteiger partial charge on any atom is 0.245 e. The van der Waals surface area contributed by atoms with Crippen LogP contribution in [0.1, 0.15) is 39.0 Å². The fraction of sp³-hybridized carbons (Fsp3) is 0.909. The van der Waals surface area contributed by atoms with Crippen molar-refractivity contribution >= 4 is 5.91 Å². The maximum atomic E-state index is 10.9. The minimum absolute atomic E-state index is 0.0217. The Hall–Kier alpha value is -0.610. The van der Waals surface area contributed by atoms with Crippen molar-refractivity contribution in [2.24, 2.45) is 0 Å². The first-order valence-electron chi connectivity index (χ1n) is 5.74. The van der Waals surface area contributed by atoms with Gasteiger partial charge >= 0.3 is 0 Å². The lowest BCUT2D eigenvalue weighted by Crippen LogP contribution is -2.38. The van der Waals surface area contributed by atoms with Gasteiger partial charge in [0.1, 0.15) is 6.61 Å². The molecule has 0 bridgehead atoms. The first-order valence-corrected chi connectivity index (χ1v) is 5.74. The van der Waals surface area contributed by atoms with E-state index in [9.17, 15) is 4.79 Å². The van der Waals surface area contributed by atoms with Crippen molar-refractivity contribution in [3.63, 3.8) is 0 Å². The number of rotatable bonds is 5. The molecule has 0 heterocycles. The molecule has 0 aromatic heterocycles. The Labute approximate surface area is 91.0 Å². The number of nitrogens with one attached hydrogen (secondary N) is 1. The molecule has 1 aliphatic rings. The summed E-state index contributed by atoms with van der Waals surface area (Å²) in [5.41, 5.74) is 0. The Morgan fingerprint density at radius 3 is 2.73 bits per heavy atom. The summed E-state index contributed by atoms with van der Waals surface area (Å²) in [6.07, 6.45) is 6.47. The zero-order valence-electron chi connectivity index (χ0n) is 9.37. The van der Waals surface area contributed by atoms with Gasteiger partial charge in [0.2, 0.25) is 5.91 Å². The Kier molecular flexibility index (Phi) is 5.65. The monoisotopic (exact) mass is 215 g/mol. The van der Waals surface area contributed by atoms with Crippen LogP contribution in [0.5, 0.6) is 0 Å². The van der Waals surface area contributed by atoms with Gasteiger partial charge in [0.15, 0.2) is 0 Å². The van der Waals surface area contributed by atoms with Crippen molar-refractivity contribution in [3.05, 3.63) is 0 Å². The molecule has 1 saturated carbocycles. The minimum Gasteiger partial charge on any atom is -0.387 e. The van der Waals surface area contributed by atoms with E-state index < -0.39 is 6.61 Å². The van der Waals surface area contributed by atoms with E-state index in [1.54, 1.807) is 0 Å². The van der Waals surface area contributed by atoms with Gasteiger partial charge in [0.05, 0.1) is 12.7 Å². The van der Waals surface area contributed by atoms with Gasteiger partial charge in [-0.2, -0.15) is 0 Å². The SMILES string of the molecule is CC(COC1CCCCC1)NC(=O)CO. The third-order valence-electron chi connectivity index (χ3n) is 2.69. The smallest absolute Gasteiger partial charge is 0.245 e. The maximum absolute atomic E-state index is 10.9. The van der Waals surface area contributed by atoms with Crippen LogP contribution in [0.4, 0.5) is 0 Å². The second-order valence-corrected chi connectivity index (χ2v) is 4.22. The Balaban J connectivity index is 2.09. The lowest BCUT2D eigenvalue weighted by atomic mass is 9.98. The van der Waals surface area contributed by atoms with Crippen molar-refractivity contribution < 1.29 is 14.6 Å². The summed E-state index contributed by atoms with van der Waals surface area (Å²) in [6.45, 7) is 1.97. The molecule has 15 heavy (non-hydrogen) atoms. The number of hydrogen-bond donors (Lipinski definition) is 2. The Morgan fingerprint density at radius 2 is 2.13 bits per heavy atom. The largest absolute Gasteiger partial charge is 0.387 e. The van der Waals surface area contributed by atoms with Crippen LogP contribution in [0.2, 0.25) is 0 Å². The number of hydrogen-bond acceptors (Lipinski definition) is 3. The highest BCUT2D eigenvalue weighted by molar-refractivity contribution is 5.77. The highest BCUT2D eigenvalue weighted by atomic mass is 16.5. The number of ether oxygens (including phenoxy) is 1. The molecule has 0 spiro atoms. The number of aliphatic hydroxyl groups excluding tert-OH is 1. The second kappa shape index (κ2) is 6.80. The van der Waals surface area contributed by atoms with Crippen LogP contribution in [0.3, 0.4) is 0 Å². The highest BCUT2D eigenvalue weighted by Crippen LogP contribution is 2.20.